The minimum atomic E-state index is -0.750. The van der Waals surface area contributed by atoms with E-state index in [4.69, 9.17) is 9.63 Å². The van der Waals surface area contributed by atoms with E-state index in [1.165, 1.54) is 0 Å². The van der Waals surface area contributed by atoms with Gasteiger partial charge in [0.05, 0.1) is 6.04 Å². The maximum Gasteiger partial charge on any atom is 0.303 e. The SMILES string of the molecule is O=C(O)CCCN1CCC[C@H]1c1nc(Cc2ccc(Br)cc2)no1. The molecule has 1 saturated heterocycles. The van der Waals surface area contributed by atoms with Crippen LogP contribution in [0.1, 0.15) is 49.0 Å². The van der Waals surface area contributed by atoms with Gasteiger partial charge in [-0.15, -0.1) is 0 Å². The van der Waals surface area contributed by atoms with Crippen LogP contribution in [0, 0.1) is 0 Å². The van der Waals surface area contributed by atoms with Crippen LogP contribution < -0.4 is 0 Å². The third-order valence-corrected chi connectivity index (χ3v) is 4.77. The van der Waals surface area contributed by atoms with Crippen molar-refractivity contribution in [2.24, 2.45) is 0 Å². The van der Waals surface area contributed by atoms with Gasteiger partial charge in [-0.25, -0.2) is 0 Å². The minimum Gasteiger partial charge on any atom is -0.481 e. The fraction of sp³-hybridized carbons (Fsp3) is 0.471. The molecule has 0 radical (unpaired) electrons. The molecular formula is C17H20BrN3O3. The Morgan fingerprint density at radius 3 is 2.92 bits per heavy atom. The lowest BCUT2D eigenvalue weighted by Gasteiger charge is -2.20. The van der Waals surface area contributed by atoms with E-state index in [2.05, 4.69) is 31.0 Å². The molecule has 0 amide bonds. The number of halogens is 1. The summed E-state index contributed by atoms with van der Waals surface area (Å²) in [7, 11) is 0. The highest BCUT2D eigenvalue weighted by Crippen LogP contribution is 2.31. The number of nitrogens with zero attached hydrogens (tertiary/aromatic N) is 3. The largest absolute Gasteiger partial charge is 0.481 e. The molecule has 7 heteroatoms. The average Bonchev–Trinajstić information content (AvgIpc) is 3.18. The second-order valence-corrected chi connectivity index (χ2v) is 6.96. The van der Waals surface area contributed by atoms with E-state index in [9.17, 15) is 4.79 Å². The fourth-order valence-corrected chi connectivity index (χ4v) is 3.33. The van der Waals surface area contributed by atoms with Crippen LogP contribution in [0.5, 0.6) is 0 Å². The highest BCUT2D eigenvalue weighted by molar-refractivity contribution is 9.10. The molecule has 1 fully saturated rings. The van der Waals surface area contributed by atoms with Crippen molar-refractivity contribution in [2.45, 2.75) is 38.1 Å². The monoisotopic (exact) mass is 393 g/mol. The standard InChI is InChI=1S/C17H20BrN3O3/c18-13-7-5-12(6-8-13)11-15-19-17(24-20-15)14-3-1-9-21(14)10-2-4-16(22)23/h5-8,14H,1-4,9-11H2,(H,22,23)/t14-/m0/s1. The van der Waals surface area contributed by atoms with Crippen molar-refractivity contribution >= 4 is 21.9 Å². The van der Waals surface area contributed by atoms with E-state index in [0.29, 0.717) is 24.6 Å². The number of carbonyl (C=O) groups is 1. The lowest BCUT2D eigenvalue weighted by atomic mass is 10.1. The molecule has 0 unspecified atom stereocenters. The number of hydrogen-bond acceptors (Lipinski definition) is 5. The summed E-state index contributed by atoms with van der Waals surface area (Å²) in [4.78, 5) is 17.5. The predicted molar refractivity (Wildman–Crippen MR) is 91.7 cm³/mol. The van der Waals surface area contributed by atoms with Crippen molar-refractivity contribution in [3.8, 4) is 0 Å². The second kappa shape index (κ2) is 7.90. The average molecular weight is 394 g/mol. The molecule has 1 N–H and O–H groups in total. The summed E-state index contributed by atoms with van der Waals surface area (Å²) in [6.45, 7) is 1.70. The normalized spacial score (nSPS) is 18.1. The number of carboxylic acid groups (broad SMARTS) is 1. The maximum atomic E-state index is 10.7. The maximum absolute atomic E-state index is 10.7. The Hall–Kier alpha value is -1.73. The van der Waals surface area contributed by atoms with Crippen molar-refractivity contribution in [1.82, 2.24) is 15.0 Å². The molecule has 2 aromatic rings. The number of rotatable bonds is 7. The summed E-state index contributed by atoms with van der Waals surface area (Å²) in [5, 5.41) is 12.9. The van der Waals surface area contributed by atoms with Crippen molar-refractivity contribution in [3.63, 3.8) is 0 Å². The molecule has 2 heterocycles. The van der Waals surface area contributed by atoms with E-state index < -0.39 is 5.97 Å². The Balaban J connectivity index is 1.61. The van der Waals surface area contributed by atoms with Crippen molar-refractivity contribution in [2.75, 3.05) is 13.1 Å². The Labute approximate surface area is 149 Å². The zero-order valence-corrected chi connectivity index (χ0v) is 14.9. The summed E-state index contributed by atoms with van der Waals surface area (Å²) >= 11 is 3.42. The fourth-order valence-electron chi connectivity index (χ4n) is 3.07. The molecule has 1 aliphatic heterocycles. The number of aliphatic carboxylic acids is 1. The smallest absolute Gasteiger partial charge is 0.303 e. The van der Waals surface area contributed by atoms with Crippen LogP contribution in [0.15, 0.2) is 33.3 Å². The molecule has 24 heavy (non-hydrogen) atoms. The van der Waals surface area contributed by atoms with Gasteiger partial charge in [0.25, 0.3) is 0 Å². The number of benzene rings is 1. The van der Waals surface area contributed by atoms with Gasteiger partial charge in [0.1, 0.15) is 0 Å². The molecule has 0 saturated carbocycles. The first-order chi connectivity index (χ1) is 11.6. The lowest BCUT2D eigenvalue weighted by molar-refractivity contribution is -0.137. The quantitative estimate of drug-likeness (QED) is 0.775. The zero-order valence-electron chi connectivity index (χ0n) is 13.3. The summed E-state index contributed by atoms with van der Waals surface area (Å²) in [6.07, 6.45) is 3.53. The zero-order chi connectivity index (χ0) is 16.9. The number of aromatic nitrogens is 2. The summed E-state index contributed by atoms with van der Waals surface area (Å²) in [6, 6.07) is 8.18. The van der Waals surface area contributed by atoms with Crippen molar-refractivity contribution in [3.05, 3.63) is 46.0 Å². The molecular weight excluding hydrogens is 374 g/mol. The first-order valence-corrected chi connectivity index (χ1v) is 8.94. The van der Waals surface area contributed by atoms with E-state index in [0.717, 1.165) is 36.0 Å². The molecule has 1 aliphatic rings. The summed E-state index contributed by atoms with van der Waals surface area (Å²) in [5.41, 5.74) is 1.13. The molecule has 6 nitrogen and oxygen atoms in total. The molecule has 128 valence electrons. The van der Waals surface area contributed by atoms with E-state index >= 15 is 0 Å². The van der Waals surface area contributed by atoms with Gasteiger partial charge >= 0.3 is 5.97 Å². The van der Waals surface area contributed by atoms with Crippen LogP contribution in [0.3, 0.4) is 0 Å². The molecule has 1 aromatic carbocycles. The number of carboxylic acids is 1. The number of hydrogen-bond donors (Lipinski definition) is 1. The third kappa shape index (κ3) is 4.42. The van der Waals surface area contributed by atoms with E-state index in [1.54, 1.807) is 0 Å². The lowest BCUT2D eigenvalue weighted by Crippen LogP contribution is -2.25. The Bertz CT molecular complexity index is 687. The highest BCUT2D eigenvalue weighted by atomic mass is 79.9. The van der Waals surface area contributed by atoms with E-state index in [-0.39, 0.29) is 12.5 Å². The van der Waals surface area contributed by atoms with Gasteiger partial charge in [-0.2, -0.15) is 4.98 Å². The Kier molecular flexibility index (Phi) is 5.63. The van der Waals surface area contributed by atoms with Gasteiger partial charge in [0.2, 0.25) is 5.89 Å². The molecule has 0 spiro atoms. The molecule has 3 rings (SSSR count). The summed E-state index contributed by atoms with van der Waals surface area (Å²) in [5.74, 6) is 0.583. The molecule has 1 atom stereocenters. The third-order valence-electron chi connectivity index (χ3n) is 4.24. The van der Waals surface area contributed by atoms with Gasteiger partial charge < -0.3 is 9.63 Å². The topological polar surface area (TPSA) is 79.5 Å². The number of likely N-dealkylation sites (tertiary alicyclic amines) is 1. The molecule has 0 bridgehead atoms. The van der Waals surface area contributed by atoms with Gasteiger partial charge in [0, 0.05) is 17.3 Å². The first kappa shape index (κ1) is 17.1. The van der Waals surface area contributed by atoms with Gasteiger partial charge in [-0.3, -0.25) is 9.69 Å². The van der Waals surface area contributed by atoms with Gasteiger partial charge in [0.15, 0.2) is 5.82 Å². The van der Waals surface area contributed by atoms with Gasteiger partial charge in [-0.1, -0.05) is 33.2 Å². The van der Waals surface area contributed by atoms with Crippen molar-refractivity contribution in [1.29, 1.82) is 0 Å². The van der Waals surface area contributed by atoms with Crippen LogP contribution in [0.25, 0.3) is 0 Å². The van der Waals surface area contributed by atoms with Crippen LogP contribution in [0.4, 0.5) is 0 Å². The Morgan fingerprint density at radius 2 is 2.17 bits per heavy atom. The van der Waals surface area contributed by atoms with E-state index in [1.807, 2.05) is 24.3 Å². The highest BCUT2D eigenvalue weighted by Gasteiger charge is 2.30. The van der Waals surface area contributed by atoms with Crippen LogP contribution >= 0.6 is 15.9 Å². The minimum absolute atomic E-state index is 0.116. The Morgan fingerprint density at radius 1 is 1.38 bits per heavy atom. The van der Waals surface area contributed by atoms with Crippen LogP contribution in [-0.4, -0.2) is 39.2 Å². The first-order valence-electron chi connectivity index (χ1n) is 8.14. The van der Waals surface area contributed by atoms with Crippen molar-refractivity contribution < 1.29 is 14.4 Å². The summed E-state index contributed by atoms with van der Waals surface area (Å²) < 4.78 is 6.52. The molecule has 0 aliphatic carbocycles. The van der Waals surface area contributed by atoms with Gasteiger partial charge in [-0.05, 0) is 50.0 Å². The molecule has 1 aromatic heterocycles. The van der Waals surface area contributed by atoms with Crippen LogP contribution in [0.2, 0.25) is 0 Å². The van der Waals surface area contributed by atoms with Crippen LogP contribution in [-0.2, 0) is 11.2 Å². The predicted octanol–water partition coefficient (Wildman–Crippen LogP) is 3.42. The second-order valence-electron chi connectivity index (χ2n) is 6.04.